The highest BCUT2D eigenvalue weighted by Crippen LogP contribution is 2.29. The molecular formula is C13H9BrO3. The Morgan fingerprint density at radius 1 is 1.18 bits per heavy atom. The first-order valence-electron chi connectivity index (χ1n) is 4.98. The Morgan fingerprint density at radius 3 is 2.35 bits per heavy atom. The Hall–Kier alpha value is -1.68. The molecule has 0 saturated carbocycles. The van der Waals surface area contributed by atoms with E-state index in [2.05, 4.69) is 22.5 Å². The van der Waals surface area contributed by atoms with Crippen LogP contribution in [0.25, 0.3) is 0 Å². The maximum absolute atomic E-state index is 12.1. The molecule has 0 fully saturated rings. The van der Waals surface area contributed by atoms with Crippen LogP contribution in [-0.2, 0) is 4.74 Å². The summed E-state index contributed by atoms with van der Waals surface area (Å²) < 4.78 is 5.40. The molecule has 17 heavy (non-hydrogen) atoms. The number of ether oxygens (including phenoxy) is 1. The highest BCUT2D eigenvalue weighted by atomic mass is 79.9. The first kappa shape index (κ1) is 11.8. The van der Waals surface area contributed by atoms with Gasteiger partial charge >= 0.3 is 0 Å². The second kappa shape index (κ2) is 4.67. The van der Waals surface area contributed by atoms with Crippen LogP contribution in [0.4, 0.5) is 0 Å². The topological polar surface area (TPSA) is 43.4 Å². The van der Waals surface area contributed by atoms with E-state index in [1.165, 1.54) is 6.08 Å². The van der Waals surface area contributed by atoms with Crippen LogP contribution in [0.15, 0.2) is 47.2 Å². The van der Waals surface area contributed by atoms with E-state index in [1.54, 1.807) is 24.3 Å². The Balaban J connectivity index is 2.50. The summed E-state index contributed by atoms with van der Waals surface area (Å²) in [5.41, 5.74) is 0.773. The molecule has 0 saturated heterocycles. The molecule has 0 atom stereocenters. The molecule has 2 rings (SSSR count). The van der Waals surface area contributed by atoms with Crippen molar-refractivity contribution in [2.24, 2.45) is 0 Å². The summed E-state index contributed by atoms with van der Waals surface area (Å²) in [5, 5.41) is 0. The van der Waals surface area contributed by atoms with E-state index >= 15 is 0 Å². The summed E-state index contributed by atoms with van der Waals surface area (Å²) >= 11 is 3.11. The number of carbonyl (C=O) groups excluding carboxylic acids is 2. The number of fused-ring (bicyclic) bond motifs is 1. The van der Waals surface area contributed by atoms with Crippen molar-refractivity contribution in [1.29, 1.82) is 0 Å². The highest BCUT2D eigenvalue weighted by Gasteiger charge is 2.31. The van der Waals surface area contributed by atoms with Gasteiger partial charge in [-0.15, -0.1) is 0 Å². The lowest BCUT2D eigenvalue weighted by molar-refractivity contribution is 0.0898. The first-order chi connectivity index (χ1) is 8.16. The molecule has 0 bridgehead atoms. The monoisotopic (exact) mass is 292 g/mol. The molecule has 0 spiro atoms. The number of rotatable bonds is 3. The molecule has 0 unspecified atom stereocenters. The summed E-state index contributed by atoms with van der Waals surface area (Å²) in [6.07, 6.45) is 1.52. The number of benzene rings is 1. The van der Waals surface area contributed by atoms with Gasteiger partial charge in [-0.3, -0.25) is 9.59 Å². The maximum atomic E-state index is 12.1. The lowest BCUT2D eigenvalue weighted by Gasteiger charge is -2.17. The molecule has 3 nitrogen and oxygen atoms in total. The molecule has 1 aromatic carbocycles. The normalized spacial score (nSPS) is 14.6. The third kappa shape index (κ3) is 1.96. The number of hydrogen-bond acceptors (Lipinski definition) is 3. The molecule has 86 valence electrons. The Bertz CT molecular complexity index is 543. The third-order valence-electron chi connectivity index (χ3n) is 2.37. The van der Waals surface area contributed by atoms with E-state index in [1.807, 2.05) is 0 Å². The number of Topliss-reactive ketones (excluding diaryl/α,β-unsaturated/α-hetero) is 2. The molecule has 0 amide bonds. The summed E-state index contributed by atoms with van der Waals surface area (Å²) in [6, 6.07) is 6.68. The van der Waals surface area contributed by atoms with Crippen molar-refractivity contribution in [3.8, 4) is 0 Å². The molecule has 0 aromatic heterocycles. The molecule has 4 heteroatoms. The fourth-order valence-electron chi connectivity index (χ4n) is 1.59. The predicted molar refractivity (Wildman–Crippen MR) is 67.2 cm³/mol. The van der Waals surface area contributed by atoms with Crippen LogP contribution in [0.1, 0.15) is 20.7 Å². The fourth-order valence-corrected chi connectivity index (χ4v) is 2.10. The smallest absolute Gasteiger partial charge is 0.229 e. The van der Waals surface area contributed by atoms with Crippen molar-refractivity contribution in [3.63, 3.8) is 0 Å². The zero-order valence-electron chi connectivity index (χ0n) is 8.90. The van der Waals surface area contributed by atoms with Crippen LogP contribution in [0.5, 0.6) is 0 Å². The second-order valence-electron chi connectivity index (χ2n) is 3.45. The van der Waals surface area contributed by atoms with Crippen LogP contribution < -0.4 is 0 Å². The van der Waals surface area contributed by atoms with Gasteiger partial charge in [-0.1, -0.05) is 36.9 Å². The zero-order valence-corrected chi connectivity index (χ0v) is 10.5. The average molecular weight is 293 g/mol. The lowest BCUT2D eigenvalue weighted by Crippen LogP contribution is -2.21. The summed E-state index contributed by atoms with van der Waals surface area (Å²) in [7, 11) is 0. The van der Waals surface area contributed by atoms with Crippen molar-refractivity contribution in [2.45, 2.75) is 0 Å². The van der Waals surface area contributed by atoms with Gasteiger partial charge in [-0.25, -0.2) is 0 Å². The molecule has 0 aliphatic heterocycles. The van der Waals surface area contributed by atoms with E-state index in [9.17, 15) is 9.59 Å². The standard InChI is InChI=1S/C13H9BrO3/c1-2-7-17-13-10(14)11(15)8-5-3-4-6-9(8)12(13)16/h2-6H,1,7H2. The van der Waals surface area contributed by atoms with Crippen molar-refractivity contribution in [2.75, 3.05) is 6.61 Å². The Morgan fingerprint density at radius 2 is 1.76 bits per heavy atom. The molecule has 0 heterocycles. The number of ketones is 2. The predicted octanol–water partition coefficient (Wildman–Crippen LogP) is 2.87. The quantitative estimate of drug-likeness (QED) is 0.805. The van der Waals surface area contributed by atoms with Crippen molar-refractivity contribution in [1.82, 2.24) is 0 Å². The number of allylic oxidation sites excluding steroid dienone is 2. The van der Waals surface area contributed by atoms with Gasteiger partial charge in [-0.2, -0.15) is 0 Å². The van der Waals surface area contributed by atoms with E-state index in [0.29, 0.717) is 11.1 Å². The van der Waals surface area contributed by atoms with Gasteiger partial charge in [0.2, 0.25) is 11.6 Å². The minimum atomic E-state index is -0.283. The van der Waals surface area contributed by atoms with Crippen LogP contribution in [-0.4, -0.2) is 18.2 Å². The van der Waals surface area contributed by atoms with Gasteiger partial charge in [0, 0.05) is 11.1 Å². The number of halogens is 1. The number of carbonyl (C=O) groups is 2. The molecule has 0 radical (unpaired) electrons. The fraction of sp³-hybridized carbons (Fsp3) is 0.0769. The van der Waals surface area contributed by atoms with Gasteiger partial charge < -0.3 is 4.74 Å². The average Bonchev–Trinajstić information content (AvgIpc) is 2.36. The van der Waals surface area contributed by atoms with E-state index in [4.69, 9.17) is 4.74 Å². The molecule has 1 aliphatic rings. The largest absolute Gasteiger partial charge is 0.484 e. The van der Waals surface area contributed by atoms with Crippen molar-refractivity contribution >= 4 is 27.5 Å². The number of hydrogen-bond donors (Lipinski definition) is 0. The van der Waals surface area contributed by atoms with E-state index in [0.717, 1.165) is 0 Å². The summed E-state index contributed by atoms with van der Waals surface area (Å²) in [4.78, 5) is 24.1. The van der Waals surface area contributed by atoms with Gasteiger partial charge in [0.05, 0.1) is 0 Å². The SMILES string of the molecule is C=CCOC1=C(Br)C(=O)c2ccccc2C1=O. The summed E-state index contributed by atoms with van der Waals surface area (Å²) in [6.45, 7) is 3.69. The summed E-state index contributed by atoms with van der Waals surface area (Å²) in [5.74, 6) is -0.471. The van der Waals surface area contributed by atoms with Gasteiger partial charge in [0.25, 0.3) is 0 Å². The Labute approximate surface area is 107 Å². The van der Waals surface area contributed by atoms with Gasteiger partial charge in [0.1, 0.15) is 11.1 Å². The minimum Gasteiger partial charge on any atom is -0.484 e. The Kier molecular flexibility index (Phi) is 3.24. The van der Waals surface area contributed by atoms with Gasteiger partial charge in [0.15, 0.2) is 5.76 Å². The maximum Gasteiger partial charge on any atom is 0.229 e. The van der Waals surface area contributed by atoms with Gasteiger partial charge in [-0.05, 0) is 15.9 Å². The minimum absolute atomic E-state index is 0.0496. The van der Waals surface area contributed by atoms with Crippen molar-refractivity contribution < 1.29 is 14.3 Å². The molecular weight excluding hydrogens is 284 g/mol. The van der Waals surface area contributed by atoms with E-state index < -0.39 is 0 Å². The third-order valence-corrected chi connectivity index (χ3v) is 3.09. The molecule has 0 N–H and O–H groups in total. The van der Waals surface area contributed by atoms with E-state index in [-0.39, 0.29) is 28.4 Å². The van der Waals surface area contributed by atoms with Crippen molar-refractivity contribution in [3.05, 3.63) is 58.3 Å². The van der Waals surface area contributed by atoms with Crippen LogP contribution in [0.3, 0.4) is 0 Å². The first-order valence-corrected chi connectivity index (χ1v) is 5.78. The second-order valence-corrected chi connectivity index (χ2v) is 4.24. The van der Waals surface area contributed by atoms with Crippen LogP contribution >= 0.6 is 15.9 Å². The lowest BCUT2D eigenvalue weighted by atomic mass is 9.94. The molecule has 1 aromatic rings. The molecule has 1 aliphatic carbocycles. The zero-order chi connectivity index (χ0) is 12.4. The highest BCUT2D eigenvalue weighted by molar-refractivity contribution is 9.12. The van der Waals surface area contributed by atoms with Crippen LogP contribution in [0, 0.1) is 0 Å². The van der Waals surface area contributed by atoms with Crippen LogP contribution in [0.2, 0.25) is 0 Å².